The fraction of sp³-hybridized carbons (Fsp3) is 0.167. The number of benzene rings is 1. The number of imide groups is 1. The Labute approximate surface area is 152 Å². The van der Waals surface area contributed by atoms with Crippen LogP contribution in [0.3, 0.4) is 0 Å². The van der Waals surface area contributed by atoms with Crippen LogP contribution in [0.5, 0.6) is 0 Å². The van der Waals surface area contributed by atoms with Crippen molar-refractivity contribution in [1.29, 1.82) is 0 Å². The van der Waals surface area contributed by atoms with Crippen molar-refractivity contribution in [2.75, 3.05) is 0 Å². The molecule has 126 valence electrons. The number of thiazole rings is 1. The zero-order valence-corrected chi connectivity index (χ0v) is 15.1. The minimum Gasteiger partial charge on any atom is -0.319 e. The Morgan fingerprint density at radius 3 is 2.68 bits per heavy atom. The summed E-state index contributed by atoms with van der Waals surface area (Å²) < 4.78 is 0. The highest BCUT2D eigenvalue weighted by molar-refractivity contribution is 7.14. The van der Waals surface area contributed by atoms with Crippen molar-refractivity contribution in [3.05, 3.63) is 63.8 Å². The largest absolute Gasteiger partial charge is 0.325 e. The highest BCUT2D eigenvalue weighted by Crippen LogP contribution is 2.31. The Morgan fingerprint density at radius 2 is 1.96 bits per heavy atom. The summed E-state index contributed by atoms with van der Waals surface area (Å²) in [6, 6.07) is 10.9. The minimum atomic E-state index is -1.04. The molecule has 2 aromatic heterocycles. The standard InChI is InChI=1S/C18H15N3O2S2/c1-18(13-5-3-2-4-6-13)16(22)21(17(23)20-18)9-14-11-25-15(19-14)12-7-8-24-10-12/h2-8,10-11H,9H2,1H3,(H,20,23)/t18-/m0/s1. The number of aromatic nitrogens is 1. The lowest BCUT2D eigenvalue weighted by molar-refractivity contribution is -0.131. The molecular weight excluding hydrogens is 354 g/mol. The molecule has 1 aliphatic heterocycles. The molecule has 1 aromatic carbocycles. The molecule has 5 nitrogen and oxygen atoms in total. The molecule has 7 heteroatoms. The van der Waals surface area contributed by atoms with Gasteiger partial charge in [0.2, 0.25) is 0 Å². The number of nitrogens with zero attached hydrogens (tertiary/aromatic N) is 2. The van der Waals surface area contributed by atoms with Crippen molar-refractivity contribution >= 4 is 34.6 Å². The second kappa shape index (κ2) is 6.09. The minimum absolute atomic E-state index is 0.174. The molecule has 1 atom stereocenters. The van der Waals surface area contributed by atoms with Crippen molar-refractivity contribution in [3.8, 4) is 10.6 Å². The van der Waals surface area contributed by atoms with E-state index in [2.05, 4.69) is 10.3 Å². The second-order valence-corrected chi connectivity index (χ2v) is 7.61. The Balaban J connectivity index is 1.57. The van der Waals surface area contributed by atoms with Crippen LogP contribution in [0.25, 0.3) is 10.6 Å². The van der Waals surface area contributed by atoms with E-state index in [1.165, 1.54) is 16.2 Å². The number of rotatable bonds is 4. The van der Waals surface area contributed by atoms with Crippen LogP contribution < -0.4 is 5.32 Å². The van der Waals surface area contributed by atoms with Gasteiger partial charge in [0.25, 0.3) is 5.91 Å². The highest BCUT2D eigenvalue weighted by atomic mass is 32.1. The molecule has 3 aromatic rings. The maximum Gasteiger partial charge on any atom is 0.325 e. The van der Waals surface area contributed by atoms with Crippen LogP contribution in [-0.2, 0) is 16.9 Å². The molecule has 0 aliphatic carbocycles. The third-order valence-corrected chi connectivity index (χ3v) is 5.89. The Bertz CT molecular complexity index is 921. The topological polar surface area (TPSA) is 62.3 Å². The van der Waals surface area contributed by atoms with E-state index in [1.54, 1.807) is 18.3 Å². The van der Waals surface area contributed by atoms with E-state index in [4.69, 9.17) is 0 Å². The first-order chi connectivity index (χ1) is 12.1. The number of urea groups is 1. The van der Waals surface area contributed by atoms with Gasteiger partial charge in [-0.1, -0.05) is 30.3 Å². The molecule has 0 unspecified atom stereocenters. The Kier molecular flexibility index (Phi) is 3.89. The fourth-order valence-electron chi connectivity index (χ4n) is 2.87. The lowest BCUT2D eigenvalue weighted by Crippen LogP contribution is -2.40. The van der Waals surface area contributed by atoms with E-state index in [1.807, 2.05) is 52.5 Å². The molecule has 4 rings (SSSR count). The lowest BCUT2D eigenvalue weighted by Gasteiger charge is -2.21. The van der Waals surface area contributed by atoms with Crippen LogP contribution in [0.2, 0.25) is 0 Å². The number of amides is 3. The van der Waals surface area contributed by atoms with Crippen molar-refractivity contribution in [3.63, 3.8) is 0 Å². The summed E-state index contributed by atoms with van der Waals surface area (Å²) in [5.41, 5.74) is 1.51. The molecule has 0 saturated carbocycles. The summed E-state index contributed by atoms with van der Waals surface area (Å²) >= 11 is 3.13. The maximum atomic E-state index is 12.9. The molecule has 0 spiro atoms. The number of thiophene rings is 1. The van der Waals surface area contributed by atoms with E-state index in [0.717, 1.165) is 16.1 Å². The number of hydrogen-bond donors (Lipinski definition) is 1. The van der Waals surface area contributed by atoms with Crippen LogP contribution in [0, 0.1) is 0 Å². The molecule has 0 radical (unpaired) electrons. The number of carbonyl (C=O) groups excluding carboxylic acids is 2. The summed E-state index contributed by atoms with van der Waals surface area (Å²) in [7, 11) is 0. The first-order valence-electron chi connectivity index (χ1n) is 7.74. The average Bonchev–Trinajstić information content (AvgIpc) is 3.34. The predicted octanol–water partition coefficient (Wildman–Crippen LogP) is 3.84. The van der Waals surface area contributed by atoms with Gasteiger partial charge in [-0.2, -0.15) is 11.3 Å². The second-order valence-electron chi connectivity index (χ2n) is 5.97. The molecule has 1 fully saturated rings. The molecular formula is C18H15N3O2S2. The molecule has 3 amide bonds. The summed E-state index contributed by atoms with van der Waals surface area (Å²) in [6.45, 7) is 1.91. The lowest BCUT2D eigenvalue weighted by atomic mass is 9.92. The van der Waals surface area contributed by atoms with Crippen LogP contribution >= 0.6 is 22.7 Å². The third kappa shape index (κ3) is 2.75. The quantitative estimate of drug-likeness (QED) is 0.711. The van der Waals surface area contributed by atoms with Gasteiger partial charge in [0.15, 0.2) is 0 Å². The van der Waals surface area contributed by atoms with E-state index in [-0.39, 0.29) is 18.5 Å². The first-order valence-corrected chi connectivity index (χ1v) is 9.57. The van der Waals surface area contributed by atoms with Crippen molar-refractivity contribution in [2.45, 2.75) is 19.0 Å². The molecule has 0 bridgehead atoms. The smallest absolute Gasteiger partial charge is 0.319 e. The monoisotopic (exact) mass is 369 g/mol. The van der Waals surface area contributed by atoms with Gasteiger partial charge in [-0.15, -0.1) is 11.3 Å². The third-order valence-electron chi connectivity index (χ3n) is 4.27. The molecule has 3 heterocycles. The fourth-order valence-corrected chi connectivity index (χ4v) is 4.39. The van der Waals surface area contributed by atoms with Crippen LogP contribution in [0.15, 0.2) is 52.5 Å². The zero-order valence-electron chi connectivity index (χ0n) is 13.4. The van der Waals surface area contributed by atoms with Crippen molar-refractivity contribution in [1.82, 2.24) is 15.2 Å². The maximum absolute atomic E-state index is 12.9. The summed E-state index contributed by atoms with van der Waals surface area (Å²) in [5, 5.41) is 9.64. The van der Waals surface area contributed by atoms with Crippen LogP contribution in [0.4, 0.5) is 4.79 Å². The van der Waals surface area contributed by atoms with E-state index in [9.17, 15) is 9.59 Å². The number of hydrogen-bond acceptors (Lipinski definition) is 5. The summed E-state index contributed by atoms with van der Waals surface area (Å²) in [6.07, 6.45) is 0. The van der Waals surface area contributed by atoms with Gasteiger partial charge in [-0.3, -0.25) is 9.69 Å². The Hall–Kier alpha value is -2.51. The van der Waals surface area contributed by atoms with Gasteiger partial charge in [0.1, 0.15) is 10.5 Å². The first kappa shape index (κ1) is 16.0. The molecule has 1 N–H and O–H groups in total. The Morgan fingerprint density at radius 1 is 1.16 bits per heavy atom. The van der Waals surface area contributed by atoms with Gasteiger partial charge in [-0.05, 0) is 23.9 Å². The van der Waals surface area contributed by atoms with E-state index in [0.29, 0.717) is 5.69 Å². The highest BCUT2D eigenvalue weighted by Gasteiger charge is 2.48. The summed E-state index contributed by atoms with van der Waals surface area (Å²) in [4.78, 5) is 31.1. The van der Waals surface area contributed by atoms with Crippen LogP contribution in [-0.4, -0.2) is 21.8 Å². The summed E-state index contributed by atoms with van der Waals surface area (Å²) in [5.74, 6) is -0.256. The number of carbonyl (C=O) groups is 2. The molecule has 1 aliphatic rings. The predicted molar refractivity (Wildman–Crippen MR) is 98.3 cm³/mol. The molecule has 25 heavy (non-hydrogen) atoms. The van der Waals surface area contributed by atoms with Gasteiger partial charge >= 0.3 is 6.03 Å². The van der Waals surface area contributed by atoms with Crippen LogP contribution in [0.1, 0.15) is 18.2 Å². The van der Waals surface area contributed by atoms with Gasteiger partial charge in [0.05, 0.1) is 12.2 Å². The van der Waals surface area contributed by atoms with Crippen molar-refractivity contribution < 1.29 is 9.59 Å². The van der Waals surface area contributed by atoms with Crippen molar-refractivity contribution in [2.24, 2.45) is 0 Å². The number of nitrogens with one attached hydrogen (secondary N) is 1. The normalized spacial score (nSPS) is 20.1. The zero-order chi connectivity index (χ0) is 17.4. The average molecular weight is 369 g/mol. The van der Waals surface area contributed by atoms with E-state index < -0.39 is 5.54 Å². The van der Waals surface area contributed by atoms with E-state index >= 15 is 0 Å². The molecule has 1 saturated heterocycles. The van der Waals surface area contributed by atoms with Gasteiger partial charge < -0.3 is 5.32 Å². The van der Waals surface area contributed by atoms with Gasteiger partial charge in [0, 0.05) is 16.3 Å². The van der Waals surface area contributed by atoms with Gasteiger partial charge in [-0.25, -0.2) is 9.78 Å². The SMILES string of the molecule is C[C@@]1(c2ccccc2)NC(=O)N(Cc2csc(-c3ccsc3)n2)C1=O.